The number of carbonyl (C=O) groups is 2. The molecular weight excluding hydrogens is 450 g/mol. The molecule has 0 aliphatic heterocycles. The summed E-state index contributed by atoms with van der Waals surface area (Å²) in [6, 6.07) is 9.58. The van der Waals surface area contributed by atoms with Crippen LogP contribution in [-0.2, 0) is 27.4 Å². The fraction of sp³-hybridized carbons (Fsp3) is 0.520. The van der Waals surface area contributed by atoms with E-state index in [9.17, 15) is 19.2 Å². The Balaban J connectivity index is 2.27. The van der Waals surface area contributed by atoms with Gasteiger partial charge in [-0.05, 0) is 25.3 Å². The highest BCUT2D eigenvalue weighted by Gasteiger charge is 2.26. The second-order valence-electron chi connectivity index (χ2n) is 9.14. The maximum atomic E-state index is 13.2. The van der Waals surface area contributed by atoms with Crippen molar-refractivity contribution >= 4 is 23.3 Å². The number of nitrogens with zero attached hydrogens (tertiary/aromatic N) is 3. The summed E-state index contributed by atoms with van der Waals surface area (Å²) in [6.45, 7) is 8.58. The molecule has 1 aromatic carbocycles. The summed E-state index contributed by atoms with van der Waals surface area (Å²) in [6.07, 6.45) is -0.153. The number of aromatic nitrogens is 2. The first-order chi connectivity index (χ1) is 16.6. The average molecular weight is 488 g/mol. The van der Waals surface area contributed by atoms with E-state index in [1.807, 2.05) is 58.0 Å². The molecule has 0 bridgehead atoms. The highest BCUT2D eigenvalue weighted by molar-refractivity contribution is 5.97. The first kappa shape index (κ1) is 27.8. The van der Waals surface area contributed by atoms with Crippen molar-refractivity contribution < 1.29 is 14.3 Å². The number of nitrogens with one attached hydrogen (secondary N) is 1. The molecule has 0 spiro atoms. The average Bonchev–Trinajstić information content (AvgIpc) is 2.80. The Morgan fingerprint density at radius 3 is 2.26 bits per heavy atom. The number of ether oxygens (including phenoxy) is 1. The zero-order valence-electron chi connectivity index (χ0n) is 21.2. The Hall–Kier alpha value is -3.40. The number of anilines is 2. The lowest BCUT2D eigenvalue weighted by atomic mass is 10.1. The van der Waals surface area contributed by atoms with Crippen molar-refractivity contribution in [3.63, 3.8) is 0 Å². The van der Waals surface area contributed by atoms with Gasteiger partial charge < -0.3 is 20.3 Å². The van der Waals surface area contributed by atoms with Gasteiger partial charge in [0.05, 0.1) is 6.61 Å². The number of benzene rings is 1. The molecule has 0 atom stereocenters. The number of methoxy groups -OCH3 is 1. The van der Waals surface area contributed by atoms with Crippen molar-refractivity contribution in [1.82, 2.24) is 14.5 Å². The van der Waals surface area contributed by atoms with Gasteiger partial charge in [0.15, 0.2) is 5.69 Å². The molecule has 0 radical (unpaired) electrons. The lowest BCUT2D eigenvalue weighted by Gasteiger charge is -2.28. The number of aromatic amines is 1. The monoisotopic (exact) mass is 487 g/mol. The third-order valence-corrected chi connectivity index (χ3v) is 5.54. The van der Waals surface area contributed by atoms with Crippen molar-refractivity contribution in [1.29, 1.82) is 0 Å². The second kappa shape index (κ2) is 12.9. The van der Waals surface area contributed by atoms with Crippen LogP contribution in [0.3, 0.4) is 0 Å². The third kappa shape index (κ3) is 7.54. The predicted octanol–water partition coefficient (Wildman–Crippen LogP) is 1.97. The molecule has 0 aliphatic rings. The molecule has 1 heterocycles. The van der Waals surface area contributed by atoms with Gasteiger partial charge in [0.25, 0.3) is 5.56 Å². The molecule has 0 saturated heterocycles. The van der Waals surface area contributed by atoms with E-state index in [-0.39, 0.29) is 61.9 Å². The van der Waals surface area contributed by atoms with Crippen molar-refractivity contribution in [3.05, 3.63) is 56.7 Å². The largest absolute Gasteiger partial charge is 0.383 e. The van der Waals surface area contributed by atoms with Crippen LogP contribution in [0.2, 0.25) is 0 Å². The predicted molar refractivity (Wildman–Crippen MR) is 136 cm³/mol. The number of rotatable bonds is 12. The number of amides is 2. The Kier molecular flexibility index (Phi) is 10.3. The lowest BCUT2D eigenvalue weighted by molar-refractivity contribution is -0.135. The summed E-state index contributed by atoms with van der Waals surface area (Å²) < 4.78 is 6.36. The molecule has 0 aliphatic carbocycles. The standard InChI is InChI=1S/C25H37N5O5/c1-17(2)15-30-23(26)22(24(33)27-25(30)34)28(13-14-35-5)20(31)11-12-21(32)29(18(3)4)16-19-9-7-6-8-10-19/h6-10,17-18H,11-16,26H2,1-5H3,(H,27,33,34). The number of H-pyrrole nitrogens is 1. The molecule has 2 amide bonds. The van der Waals surface area contributed by atoms with E-state index in [0.29, 0.717) is 6.54 Å². The van der Waals surface area contributed by atoms with Gasteiger partial charge in [-0.15, -0.1) is 0 Å². The lowest BCUT2D eigenvalue weighted by Crippen LogP contribution is -2.43. The van der Waals surface area contributed by atoms with E-state index >= 15 is 0 Å². The van der Waals surface area contributed by atoms with E-state index < -0.39 is 17.2 Å². The van der Waals surface area contributed by atoms with E-state index in [1.165, 1.54) is 16.6 Å². The van der Waals surface area contributed by atoms with Gasteiger partial charge in [0.2, 0.25) is 11.8 Å². The Morgan fingerprint density at radius 1 is 1.06 bits per heavy atom. The topological polar surface area (TPSA) is 131 Å². The van der Waals surface area contributed by atoms with E-state index in [4.69, 9.17) is 10.5 Å². The number of hydrogen-bond acceptors (Lipinski definition) is 6. The summed E-state index contributed by atoms with van der Waals surface area (Å²) in [5.74, 6) is -0.626. The first-order valence-corrected chi connectivity index (χ1v) is 11.8. The molecule has 1 aromatic heterocycles. The summed E-state index contributed by atoms with van der Waals surface area (Å²) in [7, 11) is 1.48. The van der Waals surface area contributed by atoms with Crippen molar-refractivity contribution in [3.8, 4) is 0 Å². The van der Waals surface area contributed by atoms with E-state index in [1.54, 1.807) is 4.90 Å². The number of hydrogen-bond donors (Lipinski definition) is 2. The van der Waals surface area contributed by atoms with E-state index in [0.717, 1.165) is 5.56 Å². The van der Waals surface area contributed by atoms with Gasteiger partial charge in [-0.2, -0.15) is 0 Å². The third-order valence-electron chi connectivity index (χ3n) is 5.54. The van der Waals surface area contributed by atoms with Gasteiger partial charge in [-0.3, -0.25) is 23.9 Å². The molecule has 35 heavy (non-hydrogen) atoms. The minimum Gasteiger partial charge on any atom is -0.383 e. The minimum absolute atomic E-state index is 0.0310. The van der Waals surface area contributed by atoms with Crippen LogP contribution in [-0.4, -0.2) is 52.6 Å². The SMILES string of the molecule is COCCN(C(=O)CCC(=O)N(Cc1ccccc1)C(C)C)c1c(N)n(CC(C)C)c(=O)[nH]c1=O. The van der Waals surface area contributed by atoms with Crippen molar-refractivity contribution in [2.24, 2.45) is 5.92 Å². The van der Waals surface area contributed by atoms with Crippen LogP contribution in [0.25, 0.3) is 0 Å². The molecule has 10 heteroatoms. The van der Waals surface area contributed by atoms with Crippen LogP contribution in [0.15, 0.2) is 39.9 Å². The smallest absolute Gasteiger partial charge is 0.330 e. The molecule has 0 unspecified atom stereocenters. The number of carbonyl (C=O) groups excluding carboxylic acids is 2. The molecule has 3 N–H and O–H groups in total. The van der Waals surface area contributed by atoms with Gasteiger partial charge in [0, 0.05) is 45.6 Å². The number of nitrogen functional groups attached to an aromatic ring is 1. The normalized spacial score (nSPS) is 11.2. The summed E-state index contributed by atoms with van der Waals surface area (Å²) in [5.41, 5.74) is 5.71. The van der Waals surface area contributed by atoms with Crippen LogP contribution < -0.4 is 21.9 Å². The van der Waals surface area contributed by atoms with Crippen LogP contribution >= 0.6 is 0 Å². The van der Waals surface area contributed by atoms with Gasteiger partial charge in [0.1, 0.15) is 5.82 Å². The van der Waals surface area contributed by atoms with Gasteiger partial charge in [-0.1, -0.05) is 44.2 Å². The molecule has 2 aromatic rings. The summed E-state index contributed by atoms with van der Waals surface area (Å²) in [5, 5.41) is 0. The highest BCUT2D eigenvalue weighted by atomic mass is 16.5. The quantitative estimate of drug-likeness (QED) is 0.471. The van der Waals surface area contributed by atoms with Crippen LogP contribution in [0.1, 0.15) is 46.1 Å². The van der Waals surface area contributed by atoms with E-state index in [2.05, 4.69) is 4.98 Å². The zero-order chi connectivity index (χ0) is 26.1. The second-order valence-corrected chi connectivity index (χ2v) is 9.14. The highest BCUT2D eigenvalue weighted by Crippen LogP contribution is 2.20. The molecular formula is C25H37N5O5. The maximum absolute atomic E-state index is 13.2. The fourth-order valence-corrected chi connectivity index (χ4v) is 3.76. The number of nitrogens with two attached hydrogens (primary N) is 1. The van der Waals surface area contributed by atoms with Gasteiger partial charge >= 0.3 is 5.69 Å². The fourth-order valence-electron chi connectivity index (χ4n) is 3.76. The molecule has 0 fully saturated rings. The maximum Gasteiger partial charge on any atom is 0.330 e. The molecule has 0 saturated carbocycles. The zero-order valence-corrected chi connectivity index (χ0v) is 21.2. The van der Waals surface area contributed by atoms with Gasteiger partial charge in [-0.25, -0.2) is 4.79 Å². The Bertz CT molecular complexity index is 1110. The summed E-state index contributed by atoms with van der Waals surface area (Å²) in [4.78, 5) is 56.4. The Labute approximate surface area is 205 Å². The molecule has 10 nitrogen and oxygen atoms in total. The van der Waals surface area contributed by atoms with Crippen LogP contribution in [0.4, 0.5) is 11.5 Å². The Morgan fingerprint density at radius 2 is 1.69 bits per heavy atom. The minimum atomic E-state index is -0.754. The summed E-state index contributed by atoms with van der Waals surface area (Å²) >= 11 is 0. The van der Waals surface area contributed by atoms with Crippen LogP contribution in [0.5, 0.6) is 0 Å². The van der Waals surface area contributed by atoms with Crippen molar-refractivity contribution in [2.45, 2.75) is 59.7 Å². The van der Waals surface area contributed by atoms with Crippen LogP contribution in [0, 0.1) is 5.92 Å². The molecule has 192 valence electrons. The molecule has 2 rings (SSSR count). The van der Waals surface area contributed by atoms with Crippen molar-refractivity contribution in [2.75, 3.05) is 30.9 Å². The first-order valence-electron chi connectivity index (χ1n) is 11.8.